The summed E-state index contributed by atoms with van der Waals surface area (Å²) in [5.41, 5.74) is 1.72. The fourth-order valence-corrected chi connectivity index (χ4v) is 2.05. The standard InChI is InChI=1S/C19H22N2O3/c1-3-4-11-20-19(23)17(13-16-6-5-12-24-16)21-18(22)15-9-7-14(2)8-10-15/h5-10,12-13H,3-4,11H2,1-2H3,(H,20,23)(H,21,22). The predicted octanol–water partition coefficient (Wildman–Crippen LogP) is 3.28. The van der Waals surface area contributed by atoms with Gasteiger partial charge in [0.25, 0.3) is 11.8 Å². The van der Waals surface area contributed by atoms with Gasteiger partial charge < -0.3 is 15.1 Å². The van der Waals surface area contributed by atoms with Crippen molar-refractivity contribution < 1.29 is 14.0 Å². The second kappa shape index (κ2) is 8.72. The minimum atomic E-state index is -0.335. The van der Waals surface area contributed by atoms with E-state index < -0.39 is 0 Å². The SMILES string of the molecule is CCCCNC(=O)C(=Cc1ccco1)NC(=O)c1ccc(C)cc1. The Morgan fingerprint density at radius 1 is 1.17 bits per heavy atom. The molecule has 0 atom stereocenters. The van der Waals surface area contributed by atoms with E-state index in [1.165, 1.54) is 12.3 Å². The summed E-state index contributed by atoms with van der Waals surface area (Å²) < 4.78 is 5.24. The van der Waals surface area contributed by atoms with E-state index in [4.69, 9.17) is 4.42 Å². The number of rotatable bonds is 7. The molecule has 1 aromatic heterocycles. The Kier molecular flexibility index (Phi) is 6.37. The molecule has 0 aliphatic heterocycles. The first kappa shape index (κ1) is 17.5. The number of carbonyl (C=O) groups is 2. The Balaban J connectivity index is 2.14. The zero-order valence-electron chi connectivity index (χ0n) is 14.0. The third-order valence-electron chi connectivity index (χ3n) is 3.45. The van der Waals surface area contributed by atoms with Crippen LogP contribution in [0.3, 0.4) is 0 Å². The molecule has 5 nitrogen and oxygen atoms in total. The quantitative estimate of drug-likeness (QED) is 0.606. The van der Waals surface area contributed by atoms with Gasteiger partial charge in [-0.05, 0) is 37.6 Å². The molecule has 1 heterocycles. The van der Waals surface area contributed by atoms with Crippen molar-refractivity contribution in [3.63, 3.8) is 0 Å². The summed E-state index contributed by atoms with van der Waals surface area (Å²) in [6.07, 6.45) is 4.90. The number of aryl methyl sites for hydroxylation is 1. The van der Waals surface area contributed by atoms with Crippen LogP contribution in [0, 0.1) is 6.92 Å². The van der Waals surface area contributed by atoms with Gasteiger partial charge in [0.1, 0.15) is 11.5 Å². The van der Waals surface area contributed by atoms with Gasteiger partial charge in [-0.2, -0.15) is 0 Å². The van der Waals surface area contributed by atoms with Gasteiger partial charge in [-0.1, -0.05) is 31.0 Å². The molecule has 0 aliphatic rings. The number of furan rings is 1. The van der Waals surface area contributed by atoms with E-state index in [0.717, 1.165) is 18.4 Å². The molecule has 24 heavy (non-hydrogen) atoms. The van der Waals surface area contributed by atoms with Crippen molar-refractivity contribution in [2.75, 3.05) is 6.54 Å². The molecule has 2 aromatic rings. The molecule has 0 spiro atoms. The monoisotopic (exact) mass is 326 g/mol. The molecule has 0 aliphatic carbocycles. The van der Waals surface area contributed by atoms with Crippen LogP contribution in [0.4, 0.5) is 0 Å². The van der Waals surface area contributed by atoms with E-state index in [-0.39, 0.29) is 17.5 Å². The van der Waals surface area contributed by atoms with Crippen LogP contribution >= 0.6 is 0 Å². The Morgan fingerprint density at radius 2 is 1.92 bits per heavy atom. The van der Waals surface area contributed by atoms with Crippen LogP contribution in [0.1, 0.15) is 41.4 Å². The maximum absolute atomic E-state index is 12.4. The molecule has 2 rings (SSSR count). The van der Waals surface area contributed by atoms with Crippen molar-refractivity contribution in [1.29, 1.82) is 0 Å². The van der Waals surface area contributed by atoms with Gasteiger partial charge in [0.05, 0.1) is 6.26 Å². The first-order valence-corrected chi connectivity index (χ1v) is 8.01. The summed E-state index contributed by atoms with van der Waals surface area (Å²) in [5.74, 6) is -0.168. The van der Waals surface area contributed by atoms with E-state index >= 15 is 0 Å². The topological polar surface area (TPSA) is 71.3 Å². The lowest BCUT2D eigenvalue weighted by molar-refractivity contribution is -0.117. The molecule has 0 radical (unpaired) electrons. The Hall–Kier alpha value is -2.82. The molecule has 0 unspecified atom stereocenters. The van der Waals surface area contributed by atoms with Gasteiger partial charge in [0.15, 0.2) is 0 Å². The normalized spacial score (nSPS) is 11.2. The van der Waals surface area contributed by atoms with E-state index in [1.54, 1.807) is 24.3 Å². The van der Waals surface area contributed by atoms with Crippen molar-refractivity contribution >= 4 is 17.9 Å². The number of hydrogen-bond donors (Lipinski definition) is 2. The number of carbonyl (C=O) groups excluding carboxylic acids is 2. The molecule has 0 fully saturated rings. The molecule has 2 N–H and O–H groups in total. The van der Waals surface area contributed by atoms with Crippen LogP contribution in [0.25, 0.3) is 6.08 Å². The van der Waals surface area contributed by atoms with Crippen LogP contribution in [0.5, 0.6) is 0 Å². The number of nitrogens with one attached hydrogen (secondary N) is 2. The maximum Gasteiger partial charge on any atom is 0.267 e. The molecule has 0 bridgehead atoms. The van der Waals surface area contributed by atoms with Gasteiger partial charge >= 0.3 is 0 Å². The minimum Gasteiger partial charge on any atom is -0.465 e. The van der Waals surface area contributed by atoms with Gasteiger partial charge in [0.2, 0.25) is 0 Å². The number of benzene rings is 1. The van der Waals surface area contributed by atoms with Crippen molar-refractivity contribution in [1.82, 2.24) is 10.6 Å². The van der Waals surface area contributed by atoms with Crippen molar-refractivity contribution in [2.24, 2.45) is 0 Å². The van der Waals surface area contributed by atoms with Gasteiger partial charge in [0, 0.05) is 18.2 Å². The zero-order valence-corrected chi connectivity index (χ0v) is 14.0. The third kappa shape index (κ3) is 5.12. The predicted molar refractivity (Wildman–Crippen MR) is 93.2 cm³/mol. The Morgan fingerprint density at radius 3 is 2.54 bits per heavy atom. The molecular weight excluding hydrogens is 304 g/mol. The van der Waals surface area contributed by atoms with Crippen molar-refractivity contribution in [2.45, 2.75) is 26.7 Å². The highest BCUT2D eigenvalue weighted by molar-refractivity contribution is 6.05. The molecule has 0 saturated carbocycles. The van der Waals surface area contributed by atoms with E-state index in [9.17, 15) is 9.59 Å². The summed E-state index contributed by atoms with van der Waals surface area (Å²) in [4.78, 5) is 24.7. The molecule has 5 heteroatoms. The van der Waals surface area contributed by atoms with Gasteiger partial charge in [-0.3, -0.25) is 9.59 Å². The highest BCUT2D eigenvalue weighted by atomic mass is 16.3. The smallest absolute Gasteiger partial charge is 0.267 e. The lowest BCUT2D eigenvalue weighted by atomic mass is 10.1. The largest absolute Gasteiger partial charge is 0.465 e. The third-order valence-corrected chi connectivity index (χ3v) is 3.45. The van der Waals surface area contributed by atoms with Crippen LogP contribution in [-0.4, -0.2) is 18.4 Å². The molecule has 2 amide bonds. The summed E-state index contributed by atoms with van der Waals surface area (Å²) >= 11 is 0. The lowest BCUT2D eigenvalue weighted by Gasteiger charge is -2.10. The molecular formula is C19H22N2O3. The second-order valence-electron chi connectivity index (χ2n) is 5.50. The van der Waals surface area contributed by atoms with E-state index in [1.807, 2.05) is 26.0 Å². The lowest BCUT2D eigenvalue weighted by Crippen LogP contribution is -2.35. The second-order valence-corrected chi connectivity index (χ2v) is 5.50. The van der Waals surface area contributed by atoms with E-state index in [2.05, 4.69) is 10.6 Å². The summed E-state index contributed by atoms with van der Waals surface area (Å²) in [7, 11) is 0. The summed E-state index contributed by atoms with van der Waals surface area (Å²) in [6, 6.07) is 10.6. The fourth-order valence-electron chi connectivity index (χ4n) is 2.05. The van der Waals surface area contributed by atoms with Crippen LogP contribution in [0.2, 0.25) is 0 Å². The highest BCUT2D eigenvalue weighted by Crippen LogP contribution is 2.08. The van der Waals surface area contributed by atoms with Gasteiger partial charge in [-0.25, -0.2) is 0 Å². The van der Waals surface area contributed by atoms with Gasteiger partial charge in [-0.15, -0.1) is 0 Å². The maximum atomic E-state index is 12.4. The minimum absolute atomic E-state index is 0.159. The van der Waals surface area contributed by atoms with Crippen LogP contribution < -0.4 is 10.6 Å². The number of amides is 2. The number of unbranched alkanes of at least 4 members (excludes halogenated alkanes) is 1. The summed E-state index contributed by atoms with van der Waals surface area (Å²) in [5, 5.41) is 5.47. The van der Waals surface area contributed by atoms with Crippen LogP contribution in [-0.2, 0) is 4.79 Å². The number of hydrogen-bond acceptors (Lipinski definition) is 3. The molecule has 1 aromatic carbocycles. The summed E-state index contributed by atoms with van der Waals surface area (Å²) in [6.45, 7) is 4.56. The average molecular weight is 326 g/mol. The first-order valence-electron chi connectivity index (χ1n) is 8.01. The highest BCUT2D eigenvalue weighted by Gasteiger charge is 2.14. The van der Waals surface area contributed by atoms with Crippen molar-refractivity contribution in [3.8, 4) is 0 Å². The zero-order chi connectivity index (χ0) is 17.4. The fraction of sp³-hybridized carbons (Fsp3) is 0.263. The first-order chi connectivity index (χ1) is 11.6. The van der Waals surface area contributed by atoms with E-state index in [0.29, 0.717) is 17.9 Å². The average Bonchev–Trinajstić information content (AvgIpc) is 3.08. The van der Waals surface area contributed by atoms with Crippen molar-refractivity contribution in [3.05, 3.63) is 65.2 Å². The molecule has 126 valence electrons. The Labute approximate surface area is 141 Å². The van der Waals surface area contributed by atoms with Crippen LogP contribution in [0.15, 0.2) is 52.8 Å². The Bertz CT molecular complexity index is 701. The molecule has 0 saturated heterocycles.